The van der Waals surface area contributed by atoms with E-state index in [1.54, 1.807) is 12.3 Å². The van der Waals surface area contributed by atoms with Crippen LogP contribution in [-0.4, -0.2) is 18.5 Å². The Morgan fingerprint density at radius 1 is 0.667 bits per heavy atom. The molecule has 0 radical (unpaired) electrons. The van der Waals surface area contributed by atoms with Crippen LogP contribution in [0.15, 0.2) is 0 Å². The lowest BCUT2D eigenvalue weighted by atomic mass is 10.0. The van der Waals surface area contributed by atoms with Gasteiger partial charge in [0.1, 0.15) is 0 Å². The average Bonchev–Trinajstić information content (AvgIpc) is 2.51. The molecular formula is C20H43P. The van der Waals surface area contributed by atoms with Crippen LogP contribution in [0, 0.1) is 5.92 Å². The Labute approximate surface area is 137 Å². The molecule has 0 saturated carbocycles. The van der Waals surface area contributed by atoms with E-state index in [1.807, 2.05) is 0 Å². The van der Waals surface area contributed by atoms with E-state index in [-0.39, 0.29) is 0 Å². The van der Waals surface area contributed by atoms with Crippen LogP contribution >= 0.6 is 7.92 Å². The average molecular weight is 315 g/mol. The van der Waals surface area contributed by atoms with Crippen molar-refractivity contribution in [3.63, 3.8) is 0 Å². The minimum absolute atomic E-state index is 0.381. The molecule has 2 atom stereocenters. The fourth-order valence-electron chi connectivity index (χ4n) is 2.93. The first-order valence-electron chi connectivity index (χ1n) is 9.96. The summed E-state index contributed by atoms with van der Waals surface area (Å²) in [5, 5.41) is 0. The van der Waals surface area contributed by atoms with Gasteiger partial charge in [0, 0.05) is 0 Å². The third-order valence-corrected chi connectivity index (χ3v) is 7.69. The van der Waals surface area contributed by atoms with Gasteiger partial charge in [-0.3, -0.25) is 0 Å². The monoisotopic (exact) mass is 314 g/mol. The van der Waals surface area contributed by atoms with E-state index in [0.29, 0.717) is 7.92 Å². The molecule has 0 nitrogen and oxygen atoms in total. The van der Waals surface area contributed by atoms with Gasteiger partial charge in [-0.1, -0.05) is 91.9 Å². The van der Waals surface area contributed by atoms with Gasteiger partial charge < -0.3 is 0 Å². The second kappa shape index (κ2) is 16.8. The molecule has 21 heavy (non-hydrogen) atoms. The third-order valence-electron chi connectivity index (χ3n) is 4.89. The summed E-state index contributed by atoms with van der Waals surface area (Å²) in [6.07, 6.45) is 22.1. The molecule has 0 heterocycles. The summed E-state index contributed by atoms with van der Waals surface area (Å²) in [5.41, 5.74) is 0. The number of hydrogen-bond donors (Lipinski definition) is 0. The summed E-state index contributed by atoms with van der Waals surface area (Å²) >= 11 is 0. The summed E-state index contributed by atoms with van der Waals surface area (Å²) in [6, 6.07) is 0. The van der Waals surface area contributed by atoms with Crippen molar-refractivity contribution in [3.8, 4) is 0 Å². The van der Waals surface area contributed by atoms with Gasteiger partial charge in [-0.25, -0.2) is 0 Å². The lowest BCUT2D eigenvalue weighted by molar-refractivity contribution is 0.477. The van der Waals surface area contributed by atoms with E-state index < -0.39 is 0 Å². The smallest absolute Gasteiger partial charge is 0.0326 e. The molecule has 1 heteroatoms. The Kier molecular flexibility index (Phi) is 17.1. The maximum Gasteiger partial charge on any atom is -0.0326 e. The summed E-state index contributed by atoms with van der Waals surface area (Å²) in [6.45, 7) is 9.45. The molecule has 0 bridgehead atoms. The van der Waals surface area contributed by atoms with Gasteiger partial charge in [-0.2, -0.15) is 0 Å². The van der Waals surface area contributed by atoms with Crippen molar-refractivity contribution in [1.82, 2.24) is 0 Å². The van der Waals surface area contributed by atoms with Crippen LogP contribution in [0.25, 0.3) is 0 Å². The van der Waals surface area contributed by atoms with E-state index in [4.69, 9.17) is 0 Å². The predicted molar refractivity (Wildman–Crippen MR) is 103 cm³/mol. The molecule has 0 aromatic heterocycles. The normalized spacial score (nSPS) is 14.3. The highest BCUT2D eigenvalue weighted by molar-refractivity contribution is 7.57. The highest BCUT2D eigenvalue weighted by Gasteiger charge is 2.05. The van der Waals surface area contributed by atoms with Gasteiger partial charge in [-0.15, -0.1) is 7.92 Å². The first-order chi connectivity index (χ1) is 10.2. The molecule has 0 saturated heterocycles. The second-order valence-corrected chi connectivity index (χ2v) is 9.79. The van der Waals surface area contributed by atoms with Crippen LogP contribution in [0.2, 0.25) is 0 Å². The van der Waals surface area contributed by atoms with Gasteiger partial charge in [-0.05, 0) is 37.2 Å². The van der Waals surface area contributed by atoms with Crippen LogP contribution < -0.4 is 0 Å². The lowest BCUT2D eigenvalue weighted by Gasteiger charge is -2.15. The zero-order valence-electron chi connectivity index (χ0n) is 15.6. The topological polar surface area (TPSA) is 0 Å². The fraction of sp³-hybridized carbons (Fsp3) is 1.00. The first-order valence-corrected chi connectivity index (χ1v) is 11.9. The summed E-state index contributed by atoms with van der Waals surface area (Å²) in [7, 11) is 0.381. The zero-order chi connectivity index (χ0) is 15.8. The molecule has 128 valence electrons. The lowest BCUT2D eigenvalue weighted by Crippen LogP contribution is -1.95. The highest BCUT2D eigenvalue weighted by atomic mass is 31.1. The van der Waals surface area contributed by atoms with Gasteiger partial charge in [0.25, 0.3) is 0 Å². The Morgan fingerprint density at radius 2 is 1.19 bits per heavy atom. The number of hydrogen-bond acceptors (Lipinski definition) is 0. The van der Waals surface area contributed by atoms with Crippen molar-refractivity contribution in [2.75, 3.05) is 18.5 Å². The van der Waals surface area contributed by atoms with Crippen LogP contribution in [0.3, 0.4) is 0 Å². The Bertz CT molecular complexity index is 190. The Balaban J connectivity index is 3.36. The first kappa shape index (κ1) is 21.4. The molecule has 0 aromatic carbocycles. The molecule has 0 spiro atoms. The van der Waals surface area contributed by atoms with Crippen molar-refractivity contribution < 1.29 is 0 Å². The minimum atomic E-state index is 0.381. The fourth-order valence-corrected chi connectivity index (χ4v) is 5.13. The van der Waals surface area contributed by atoms with E-state index in [2.05, 4.69) is 27.7 Å². The molecule has 0 aromatic rings. The van der Waals surface area contributed by atoms with E-state index in [1.165, 1.54) is 83.2 Å². The van der Waals surface area contributed by atoms with Crippen molar-refractivity contribution >= 4 is 7.92 Å². The Hall–Kier alpha value is 0.430. The van der Waals surface area contributed by atoms with Crippen molar-refractivity contribution in [3.05, 3.63) is 0 Å². The standard InChI is InChI=1S/C20H43P/c1-5-8-9-10-12-15-18-21(7-3)19-16-13-11-14-17-20(4)6-2/h20H,5-19H2,1-4H3. The second-order valence-electron chi connectivity index (χ2n) is 6.92. The van der Waals surface area contributed by atoms with Gasteiger partial charge in [0.2, 0.25) is 0 Å². The third kappa shape index (κ3) is 15.1. The van der Waals surface area contributed by atoms with Crippen LogP contribution in [-0.2, 0) is 0 Å². The summed E-state index contributed by atoms with van der Waals surface area (Å²) in [4.78, 5) is 0. The molecule has 0 aliphatic rings. The SMILES string of the molecule is CCCCCCCCP(CC)CCCCCCC(C)CC. The molecule has 2 unspecified atom stereocenters. The molecule has 0 amide bonds. The van der Waals surface area contributed by atoms with Crippen molar-refractivity contribution in [2.45, 2.75) is 105 Å². The van der Waals surface area contributed by atoms with Gasteiger partial charge in [0.05, 0.1) is 0 Å². The molecule has 0 aliphatic heterocycles. The summed E-state index contributed by atoms with van der Waals surface area (Å²) < 4.78 is 0. The zero-order valence-corrected chi connectivity index (χ0v) is 16.5. The Morgan fingerprint density at radius 3 is 1.71 bits per heavy atom. The number of rotatable bonds is 16. The maximum absolute atomic E-state index is 2.42. The van der Waals surface area contributed by atoms with Crippen molar-refractivity contribution in [1.29, 1.82) is 0 Å². The predicted octanol–water partition coefficient (Wildman–Crippen LogP) is 7.85. The molecule has 0 aliphatic carbocycles. The quantitative estimate of drug-likeness (QED) is 0.201. The van der Waals surface area contributed by atoms with Crippen LogP contribution in [0.5, 0.6) is 0 Å². The highest BCUT2D eigenvalue weighted by Crippen LogP contribution is 2.37. The largest absolute Gasteiger partial charge is 0.107 e. The molecule has 0 rings (SSSR count). The maximum atomic E-state index is 2.42. The van der Waals surface area contributed by atoms with Crippen LogP contribution in [0.1, 0.15) is 105 Å². The molecule has 0 N–H and O–H groups in total. The van der Waals surface area contributed by atoms with E-state index in [0.717, 1.165) is 5.92 Å². The van der Waals surface area contributed by atoms with Crippen molar-refractivity contribution in [2.24, 2.45) is 5.92 Å². The summed E-state index contributed by atoms with van der Waals surface area (Å²) in [5.74, 6) is 0.950. The van der Waals surface area contributed by atoms with Gasteiger partial charge in [0.15, 0.2) is 0 Å². The minimum Gasteiger partial charge on any atom is -0.107 e. The van der Waals surface area contributed by atoms with Crippen LogP contribution in [0.4, 0.5) is 0 Å². The molecule has 0 fully saturated rings. The molecular weight excluding hydrogens is 271 g/mol. The van der Waals surface area contributed by atoms with E-state index in [9.17, 15) is 0 Å². The van der Waals surface area contributed by atoms with E-state index >= 15 is 0 Å². The van der Waals surface area contributed by atoms with Gasteiger partial charge >= 0.3 is 0 Å². The number of unbranched alkanes of at least 4 members (excludes halogenated alkanes) is 8.